The van der Waals surface area contributed by atoms with Gasteiger partial charge in [0.1, 0.15) is 0 Å². The molecule has 8 nitrogen and oxygen atoms in total. The molecule has 0 spiro atoms. The van der Waals surface area contributed by atoms with Gasteiger partial charge in [-0.1, -0.05) is 30.3 Å². The van der Waals surface area contributed by atoms with Crippen molar-refractivity contribution in [3.8, 4) is 11.1 Å². The standard InChI is InChI=1S/C17H14N2O2.C2HF3O2.C2H4O2/c20-17(21)16-12-19(10-13-6-8-18-9-7-13)11-15(16)14-4-2-1-3-5-14;3-2(4,5)1(6)7;1-2(3)4/h1-9,11-12H,10H2,(H,20,21);(H,6,7);1H3,(H,3,4). The van der Waals surface area contributed by atoms with Crippen molar-refractivity contribution >= 4 is 17.9 Å². The van der Waals surface area contributed by atoms with E-state index < -0.39 is 24.1 Å². The zero-order valence-corrected chi connectivity index (χ0v) is 16.7. The number of aromatic nitrogens is 2. The van der Waals surface area contributed by atoms with E-state index in [1.165, 1.54) is 0 Å². The van der Waals surface area contributed by atoms with Gasteiger partial charge in [-0.2, -0.15) is 13.2 Å². The summed E-state index contributed by atoms with van der Waals surface area (Å²) in [6.45, 7) is 1.70. The van der Waals surface area contributed by atoms with Crippen LogP contribution in [-0.4, -0.2) is 49.0 Å². The Morgan fingerprint density at radius 1 is 0.938 bits per heavy atom. The molecule has 0 saturated carbocycles. The van der Waals surface area contributed by atoms with Gasteiger partial charge in [-0.25, -0.2) is 9.59 Å². The highest BCUT2D eigenvalue weighted by molar-refractivity contribution is 5.96. The average Bonchev–Trinajstić information content (AvgIpc) is 3.13. The molecule has 0 bridgehead atoms. The molecule has 0 aliphatic rings. The largest absolute Gasteiger partial charge is 0.490 e. The summed E-state index contributed by atoms with van der Waals surface area (Å²) < 4.78 is 33.6. The smallest absolute Gasteiger partial charge is 0.481 e. The summed E-state index contributed by atoms with van der Waals surface area (Å²) in [6, 6.07) is 13.4. The van der Waals surface area contributed by atoms with E-state index in [0.717, 1.165) is 23.6 Å². The molecule has 2 aromatic heterocycles. The number of aliphatic carboxylic acids is 2. The van der Waals surface area contributed by atoms with Gasteiger partial charge in [0, 0.05) is 43.8 Å². The van der Waals surface area contributed by atoms with Gasteiger partial charge >= 0.3 is 18.1 Å². The van der Waals surface area contributed by atoms with E-state index in [-0.39, 0.29) is 0 Å². The number of benzene rings is 1. The molecule has 0 aliphatic carbocycles. The molecule has 0 aliphatic heterocycles. The third kappa shape index (κ3) is 9.11. The van der Waals surface area contributed by atoms with E-state index in [2.05, 4.69) is 4.98 Å². The summed E-state index contributed by atoms with van der Waals surface area (Å²) in [5, 5.41) is 23.9. The monoisotopic (exact) mass is 452 g/mol. The Hall–Kier alpha value is -4.15. The number of alkyl halides is 3. The van der Waals surface area contributed by atoms with Gasteiger partial charge in [-0.05, 0) is 23.3 Å². The Labute approximate surface area is 180 Å². The predicted molar refractivity (Wildman–Crippen MR) is 107 cm³/mol. The highest BCUT2D eigenvalue weighted by Crippen LogP contribution is 2.25. The maximum Gasteiger partial charge on any atom is 0.490 e. The lowest BCUT2D eigenvalue weighted by Crippen LogP contribution is -2.21. The fourth-order valence-electron chi connectivity index (χ4n) is 2.32. The Bertz CT molecular complexity index is 1030. The first-order valence-corrected chi connectivity index (χ1v) is 8.78. The third-order valence-corrected chi connectivity index (χ3v) is 3.55. The SMILES string of the molecule is CC(=O)O.O=C(O)C(F)(F)F.O=C(O)c1cn(Cc2ccncc2)cc1-c1ccccc1. The quantitative estimate of drug-likeness (QED) is 0.545. The van der Waals surface area contributed by atoms with Gasteiger partial charge in [-0.3, -0.25) is 9.78 Å². The van der Waals surface area contributed by atoms with Gasteiger partial charge in [-0.15, -0.1) is 0 Å². The fourth-order valence-corrected chi connectivity index (χ4v) is 2.32. The second-order valence-electron chi connectivity index (χ2n) is 6.11. The molecular formula is C21H19F3N2O6. The normalized spacial score (nSPS) is 10.1. The van der Waals surface area contributed by atoms with Crippen molar-refractivity contribution in [2.24, 2.45) is 0 Å². The minimum absolute atomic E-state index is 0.315. The first kappa shape index (κ1) is 25.9. The van der Waals surface area contributed by atoms with Crippen LogP contribution >= 0.6 is 0 Å². The van der Waals surface area contributed by atoms with E-state index in [4.69, 9.17) is 19.8 Å². The molecule has 170 valence electrons. The van der Waals surface area contributed by atoms with Gasteiger partial charge in [0.15, 0.2) is 0 Å². The number of rotatable bonds is 4. The highest BCUT2D eigenvalue weighted by atomic mass is 19.4. The van der Waals surface area contributed by atoms with Crippen molar-refractivity contribution in [1.29, 1.82) is 0 Å². The number of carboxylic acids is 3. The zero-order valence-electron chi connectivity index (χ0n) is 16.7. The van der Waals surface area contributed by atoms with Crippen LogP contribution in [0.1, 0.15) is 22.8 Å². The number of pyridine rings is 1. The van der Waals surface area contributed by atoms with Crippen LogP contribution in [0, 0.1) is 0 Å². The molecule has 0 atom stereocenters. The Morgan fingerprint density at radius 2 is 1.44 bits per heavy atom. The van der Waals surface area contributed by atoms with Crippen LogP contribution in [0.15, 0.2) is 67.3 Å². The first-order chi connectivity index (χ1) is 14.9. The van der Waals surface area contributed by atoms with Crippen molar-refractivity contribution in [1.82, 2.24) is 9.55 Å². The number of aromatic carboxylic acids is 1. The summed E-state index contributed by atoms with van der Waals surface area (Å²) in [5.41, 5.74) is 3.03. The molecule has 11 heteroatoms. The zero-order chi connectivity index (χ0) is 24.3. The lowest BCUT2D eigenvalue weighted by atomic mass is 10.1. The van der Waals surface area contributed by atoms with E-state index in [9.17, 15) is 23.1 Å². The second kappa shape index (κ2) is 11.9. The van der Waals surface area contributed by atoms with Gasteiger partial charge in [0.2, 0.25) is 0 Å². The van der Waals surface area contributed by atoms with Crippen molar-refractivity contribution in [3.05, 3.63) is 78.4 Å². The first-order valence-electron chi connectivity index (χ1n) is 8.78. The predicted octanol–water partition coefficient (Wildman–Crippen LogP) is 4.02. The summed E-state index contributed by atoms with van der Waals surface area (Å²) in [4.78, 5) is 33.3. The van der Waals surface area contributed by atoms with Crippen molar-refractivity contribution in [3.63, 3.8) is 0 Å². The topological polar surface area (TPSA) is 130 Å². The maximum absolute atomic E-state index is 11.4. The number of carbonyl (C=O) groups is 3. The molecule has 0 unspecified atom stereocenters. The summed E-state index contributed by atoms with van der Waals surface area (Å²) >= 11 is 0. The van der Waals surface area contributed by atoms with E-state index in [1.54, 1.807) is 18.6 Å². The number of carboxylic acid groups (broad SMARTS) is 3. The molecule has 32 heavy (non-hydrogen) atoms. The number of hydrogen-bond donors (Lipinski definition) is 3. The van der Waals surface area contributed by atoms with Crippen LogP contribution in [0.4, 0.5) is 13.2 Å². The number of hydrogen-bond acceptors (Lipinski definition) is 4. The van der Waals surface area contributed by atoms with Crippen LogP contribution in [0.2, 0.25) is 0 Å². The summed E-state index contributed by atoms with van der Waals surface area (Å²) in [7, 11) is 0. The Balaban J connectivity index is 0.000000390. The summed E-state index contributed by atoms with van der Waals surface area (Å²) in [6.07, 6.45) is 1.93. The van der Waals surface area contributed by atoms with Crippen LogP contribution in [0.5, 0.6) is 0 Å². The van der Waals surface area contributed by atoms with Gasteiger partial charge in [0.05, 0.1) is 5.56 Å². The second-order valence-corrected chi connectivity index (χ2v) is 6.11. The summed E-state index contributed by atoms with van der Waals surface area (Å²) in [5.74, 6) is -4.50. The molecule has 0 radical (unpaired) electrons. The third-order valence-electron chi connectivity index (χ3n) is 3.55. The molecule has 3 N–H and O–H groups in total. The minimum Gasteiger partial charge on any atom is -0.481 e. The number of nitrogens with zero attached hydrogens (tertiary/aromatic N) is 2. The Morgan fingerprint density at radius 3 is 1.88 bits per heavy atom. The number of halogens is 3. The molecule has 1 aromatic carbocycles. The Kier molecular flexibility index (Phi) is 9.62. The molecule has 0 amide bonds. The van der Waals surface area contributed by atoms with E-state index in [0.29, 0.717) is 12.1 Å². The maximum atomic E-state index is 11.4. The lowest BCUT2D eigenvalue weighted by molar-refractivity contribution is -0.192. The molecule has 2 heterocycles. The molecule has 0 saturated heterocycles. The molecular weight excluding hydrogens is 433 g/mol. The molecule has 3 rings (SSSR count). The van der Waals surface area contributed by atoms with Crippen molar-refractivity contribution in [2.75, 3.05) is 0 Å². The molecule has 0 fully saturated rings. The highest BCUT2D eigenvalue weighted by Gasteiger charge is 2.38. The fraction of sp³-hybridized carbons (Fsp3) is 0.143. The average molecular weight is 452 g/mol. The van der Waals surface area contributed by atoms with E-state index in [1.807, 2.05) is 53.2 Å². The van der Waals surface area contributed by atoms with Crippen LogP contribution < -0.4 is 0 Å². The van der Waals surface area contributed by atoms with Crippen molar-refractivity contribution < 1.29 is 42.9 Å². The minimum atomic E-state index is -5.08. The van der Waals surface area contributed by atoms with Gasteiger partial charge < -0.3 is 19.9 Å². The van der Waals surface area contributed by atoms with Crippen LogP contribution in [0.25, 0.3) is 11.1 Å². The lowest BCUT2D eigenvalue weighted by Gasteiger charge is -2.02. The van der Waals surface area contributed by atoms with Crippen molar-refractivity contribution in [2.45, 2.75) is 19.6 Å². The molecule has 3 aromatic rings. The van der Waals surface area contributed by atoms with Crippen LogP contribution in [0.3, 0.4) is 0 Å². The van der Waals surface area contributed by atoms with E-state index >= 15 is 0 Å². The van der Waals surface area contributed by atoms with Crippen LogP contribution in [-0.2, 0) is 16.1 Å². The van der Waals surface area contributed by atoms with Gasteiger partial charge in [0.25, 0.3) is 5.97 Å².